The third kappa shape index (κ3) is 3.06. The minimum Gasteiger partial charge on any atom is -0.478 e. The molecular weight excluding hydrogens is 222 g/mol. The van der Waals surface area contributed by atoms with E-state index in [1.54, 1.807) is 4.90 Å². The first-order valence-corrected chi connectivity index (χ1v) is 5.81. The van der Waals surface area contributed by atoms with Crippen molar-refractivity contribution in [2.45, 2.75) is 39.2 Å². The Kier molecular flexibility index (Phi) is 4.69. The first-order valence-electron chi connectivity index (χ1n) is 5.81. The number of carbonyl (C=O) groups is 2. The van der Waals surface area contributed by atoms with Gasteiger partial charge in [-0.3, -0.25) is 4.79 Å². The zero-order valence-electron chi connectivity index (χ0n) is 10.3. The topological polar surface area (TPSA) is 77.8 Å². The van der Waals surface area contributed by atoms with E-state index in [-0.39, 0.29) is 29.7 Å². The summed E-state index contributed by atoms with van der Waals surface area (Å²) >= 11 is 0. The number of piperidine rings is 1. The molecule has 0 spiro atoms. The van der Waals surface area contributed by atoms with Crippen molar-refractivity contribution in [3.63, 3.8) is 0 Å². The van der Waals surface area contributed by atoms with Gasteiger partial charge in [-0.25, -0.2) is 4.79 Å². The van der Waals surface area contributed by atoms with Crippen molar-refractivity contribution in [2.24, 2.45) is 0 Å². The smallest absolute Gasteiger partial charge is 0.331 e. The molecule has 1 rings (SSSR count). The van der Waals surface area contributed by atoms with Crippen molar-refractivity contribution >= 4 is 11.9 Å². The maximum atomic E-state index is 12.1. The van der Waals surface area contributed by atoms with Gasteiger partial charge in [0.2, 0.25) is 5.91 Å². The van der Waals surface area contributed by atoms with Crippen LogP contribution in [0.1, 0.15) is 33.1 Å². The van der Waals surface area contributed by atoms with Crippen LogP contribution in [0.5, 0.6) is 0 Å². The molecule has 1 amide bonds. The van der Waals surface area contributed by atoms with Crippen molar-refractivity contribution in [1.29, 1.82) is 0 Å². The minimum atomic E-state index is -1.08. The van der Waals surface area contributed by atoms with Crippen LogP contribution >= 0.6 is 0 Å². The number of carbonyl (C=O) groups excluding carboxylic acids is 1. The second kappa shape index (κ2) is 5.82. The summed E-state index contributed by atoms with van der Waals surface area (Å²) in [7, 11) is 0. The van der Waals surface area contributed by atoms with Crippen molar-refractivity contribution in [3.05, 3.63) is 11.1 Å². The van der Waals surface area contributed by atoms with Gasteiger partial charge in [-0.15, -0.1) is 0 Å². The third-order valence-corrected chi connectivity index (χ3v) is 3.30. The van der Waals surface area contributed by atoms with E-state index in [0.29, 0.717) is 6.54 Å². The maximum absolute atomic E-state index is 12.1. The number of likely N-dealkylation sites (tertiary alicyclic amines) is 1. The SMILES string of the molecule is CC(C(=O)O)=C(C)C(=O)N1CCCCC1CO. The van der Waals surface area contributed by atoms with Gasteiger partial charge in [0.15, 0.2) is 0 Å². The first kappa shape index (κ1) is 13.7. The molecule has 1 unspecified atom stereocenters. The molecule has 1 saturated heterocycles. The van der Waals surface area contributed by atoms with Gasteiger partial charge in [0, 0.05) is 17.7 Å². The largest absolute Gasteiger partial charge is 0.478 e. The molecule has 1 heterocycles. The summed E-state index contributed by atoms with van der Waals surface area (Å²) in [4.78, 5) is 24.5. The van der Waals surface area contributed by atoms with Gasteiger partial charge in [0.25, 0.3) is 0 Å². The van der Waals surface area contributed by atoms with Crippen molar-refractivity contribution in [3.8, 4) is 0 Å². The molecule has 17 heavy (non-hydrogen) atoms. The second-order valence-electron chi connectivity index (χ2n) is 4.39. The standard InChI is InChI=1S/C12H19NO4/c1-8(9(2)12(16)17)11(15)13-6-4-3-5-10(13)7-14/h10,14H,3-7H2,1-2H3,(H,16,17). The summed E-state index contributed by atoms with van der Waals surface area (Å²) in [6, 6.07) is -0.173. The molecule has 1 fully saturated rings. The highest BCUT2D eigenvalue weighted by atomic mass is 16.4. The molecule has 0 bridgehead atoms. The molecule has 0 radical (unpaired) electrons. The summed E-state index contributed by atoms with van der Waals surface area (Å²) in [6.45, 7) is 3.47. The van der Waals surface area contributed by atoms with Gasteiger partial charge >= 0.3 is 5.97 Å². The van der Waals surface area contributed by atoms with E-state index < -0.39 is 5.97 Å². The lowest BCUT2D eigenvalue weighted by Crippen LogP contribution is -2.46. The van der Waals surface area contributed by atoms with E-state index in [9.17, 15) is 14.7 Å². The Morgan fingerprint density at radius 2 is 1.88 bits per heavy atom. The summed E-state index contributed by atoms with van der Waals surface area (Å²) in [5.41, 5.74) is 0.315. The van der Waals surface area contributed by atoms with Crippen LogP contribution in [0.2, 0.25) is 0 Å². The highest BCUT2D eigenvalue weighted by Gasteiger charge is 2.28. The Balaban J connectivity index is 2.88. The van der Waals surface area contributed by atoms with Crippen LogP contribution < -0.4 is 0 Å². The Hall–Kier alpha value is -1.36. The van der Waals surface area contributed by atoms with E-state index in [0.717, 1.165) is 19.3 Å². The van der Waals surface area contributed by atoms with Crippen molar-refractivity contribution < 1.29 is 19.8 Å². The number of aliphatic hydroxyl groups excluding tert-OH is 1. The van der Waals surface area contributed by atoms with Crippen LogP contribution in [0.15, 0.2) is 11.1 Å². The van der Waals surface area contributed by atoms with E-state index >= 15 is 0 Å². The lowest BCUT2D eigenvalue weighted by atomic mass is 10.0. The van der Waals surface area contributed by atoms with E-state index in [1.807, 2.05) is 0 Å². The molecule has 0 aromatic rings. The summed E-state index contributed by atoms with van der Waals surface area (Å²) in [5, 5.41) is 18.1. The Labute approximate surface area is 101 Å². The average molecular weight is 241 g/mol. The molecule has 0 aromatic carbocycles. The average Bonchev–Trinajstić information content (AvgIpc) is 2.35. The molecule has 1 atom stereocenters. The van der Waals surface area contributed by atoms with E-state index in [4.69, 9.17) is 5.11 Å². The molecule has 96 valence electrons. The fourth-order valence-electron chi connectivity index (χ4n) is 1.99. The highest BCUT2D eigenvalue weighted by Crippen LogP contribution is 2.20. The number of nitrogens with zero attached hydrogens (tertiary/aromatic N) is 1. The number of rotatable bonds is 3. The number of aliphatic carboxylic acids is 1. The zero-order valence-corrected chi connectivity index (χ0v) is 10.3. The molecule has 0 aromatic heterocycles. The van der Waals surface area contributed by atoms with Crippen molar-refractivity contribution in [2.75, 3.05) is 13.2 Å². The quantitative estimate of drug-likeness (QED) is 0.716. The lowest BCUT2D eigenvalue weighted by molar-refractivity contribution is -0.135. The zero-order chi connectivity index (χ0) is 13.0. The van der Waals surface area contributed by atoms with Gasteiger partial charge in [-0.1, -0.05) is 0 Å². The Morgan fingerprint density at radius 3 is 2.41 bits per heavy atom. The molecule has 5 nitrogen and oxygen atoms in total. The number of carboxylic acids is 1. The highest BCUT2D eigenvalue weighted by molar-refractivity contribution is 6.01. The number of hydrogen-bond acceptors (Lipinski definition) is 3. The number of amides is 1. The Morgan fingerprint density at radius 1 is 1.24 bits per heavy atom. The fraction of sp³-hybridized carbons (Fsp3) is 0.667. The predicted octanol–water partition coefficient (Wildman–Crippen LogP) is 0.781. The summed E-state index contributed by atoms with van der Waals surface area (Å²) in [5.74, 6) is -1.35. The maximum Gasteiger partial charge on any atom is 0.331 e. The Bertz CT molecular complexity index is 348. The number of carboxylic acid groups (broad SMARTS) is 1. The number of aliphatic hydroxyl groups is 1. The first-order chi connectivity index (χ1) is 7.99. The van der Waals surface area contributed by atoms with Gasteiger partial charge < -0.3 is 15.1 Å². The molecule has 0 saturated carbocycles. The van der Waals surface area contributed by atoms with Gasteiger partial charge in [-0.2, -0.15) is 0 Å². The molecule has 1 aliphatic heterocycles. The van der Waals surface area contributed by atoms with Gasteiger partial charge in [0.05, 0.1) is 12.6 Å². The van der Waals surface area contributed by atoms with Crippen molar-refractivity contribution in [1.82, 2.24) is 4.90 Å². The van der Waals surface area contributed by atoms with Gasteiger partial charge in [0.1, 0.15) is 0 Å². The van der Waals surface area contributed by atoms with Gasteiger partial charge in [-0.05, 0) is 33.1 Å². The number of hydrogen-bond donors (Lipinski definition) is 2. The predicted molar refractivity (Wildman–Crippen MR) is 62.4 cm³/mol. The van der Waals surface area contributed by atoms with E-state index in [2.05, 4.69) is 0 Å². The summed E-state index contributed by atoms with van der Waals surface area (Å²) < 4.78 is 0. The fourth-order valence-corrected chi connectivity index (χ4v) is 1.99. The normalized spacial score (nSPS) is 22.1. The molecular formula is C12H19NO4. The van der Waals surface area contributed by atoms with Crippen LogP contribution in [0.3, 0.4) is 0 Å². The van der Waals surface area contributed by atoms with Crippen LogP contribution in [0.4, 0.5) is 0 Å². The van der Waals surface area contributed by atoms with Crippen LogP contribution in [-0.4, -0.2) is 46.2 Å². The summed E-state index contributed by atoms with van der Waals surface area (Å²) in [6.07, 6.45) is 2.68. The third-order valence-electron chi connectivity index (χ3n) is 3.30. The molecule has 5 heteroatoms. The minimum absolute atomic E-state index is 0.0643. The van der Waals surface area contributed by atoms with Crippen LogP contribution in [0.25, 0.3) is 0 Å². The van der Waals surface area contributed by atoms with Crippen LogP contribution in [-0.2, 0) is 9.59 Å². The molecule has 1 aliphatic rings. The molecule has 0 aliphatic carbocycles. The monoisotopic (exact) mass is 241 g/mol. The lowest BCUT2D eigenvalue weighted by Gasteiger charge is -2.35. The van der Waals surface area contributed by atoms with Crippen LogP contribution in [0, 0.1) is 0 Å². The second-order valence-corrected chi connectivity index (χ2v) is 4.39. The molecule has 2 N–H and O–H groups in total. The van der Waals surface area contributed by atoms with E-state index in [1.165, 1.54) is 13.8 Å².